The van der Waals surface area contributed by atoms with Gasteiger partial charge in [-0.25, -0.2) is 4.39 Å². The minimum absolute atomic E-state index is 0.283. The molecule has 1 N–H and O–H groups in total. The van der Waals surface area contributed by atoms with E-state index in [-0.39, 0.29) is 5.82 Å². The summed E-state index contributed by atoms with van der Waals surface area (Å²) in [5.74, 6) is -0.283. The molecule has 16 heavy (non-hydrogen) atoms. The summed E-state index contributed by atoms with van der Waals surface area (Å²) in [5, 5.41) is 12.6. The van der Waals surface area contributed by atoms with Crippen LogP contribution in [0.2, 0.25) is 0 Å². The summed E-state index contributed by atoms with van der Waals surface area (Å²) in [6, 6.07) is 4.69. The van der Waals surface area contributed by atoms with Crippen molar-refractivity contribution in [1.82, 2.24) is 15.5 Å². The van der Waals surface area contributed by atoms with Crippen LogP contribution in [0.5, 0.6) is 0 Å². The van der Waals surface area contributed by atoms with E-state index in [4.69, 9.17) is 0 Å². The van der Waals surface area contributed by atoms with Gasteiger partial charge in [-0.1, -0.05) is 27.3 Å². The predicted molar refractivity (Wildman–Crippen MR) is 65.8 cm³/mol. The zero-order valence-corrected chi connectivity index (χ0v) is 10.9. The normalized spacial score (nSPS) is 10.7. The summed E-state index contributed by atoms with van der Waals surface area (Å²) >= 11 is 4.71. The van der Waals surface area contributed by atoms with Gasteiger partial charge in [-0.2, -0.15) is 0 Å². The number of halogens is 2. The first kappa shape index (κ1) is 11.6. The average molecular weight is 302 g/mol. The number of hydrogen-bond acceptors (Lipinski definition) is 4. The average Bonchev–Trinajstić information content (AvgIpc) is 2.65. The predicted octanol–water partition coefficient (Wildman–Crippen LogP) is 2.83. The van der Waals surface area contributed by atoms with Gasteiger partial charge >= 0.3 is 0 Å². The molecule has 3 nitrogen and oxygen atoms in total. The summed E-state index contributed by atoms with van der Waals surface area (Å²) in [7, 11) is 1.85. The van der Waals surface area contributed by atoms with Crippen LogP contribution in [0.15, 0.2) is 22.7 Å². The lowest BCUT2D eigenvalue weighted by molar-refractivity contribution is 0.627. The molecular weight excluding hydrogens is 293 g/mol. The molecule has 84 valence electrons. The molecule has 0 aliphatic rings. The summed E-state index contributed by atoms with van der Waals surface area (Å²) < 4.78 is 13.9. The molecular formula is C10H9BrFN3S. The lowest BCUT2D eigenvalue weighted by Gasteiger charge is -1.97. The highest BCUT2D eigenvalue weighted by molar-refractivity contribution is 9.10. The first-order valence-electron chi connectivity index (χ1n) is 4.62. The van der Waals surface area contributed by atoms with Gasteiger partial charge in [0.25, 0.3) is 0 Å². The van der Waals surface area contributed by atoms with Gasteiger partial charge in [-0.15, -0.1) is 10.2 Å². The summed E-state index contributed by atoms with van der Waals surface area (Å²) in [5.41, 5.74) is 0.742. The molecule has 2 rings (SSSR count). The zero-order valence-electron chi connectivity index (χ0n) is 8.50. The highest BCUT2D eigenvalue weighted by Crippen LogP contribution is 2.27. The Morgan fingerprint density at radius 1 is 1.38 bits per heavy atom. The fraction of sp³-hybridized carbons (Fsp3) is 0.200. The first-order valence-corrected chi connectivity index (χ1v) is 6.23. The molecule has 0 radical (unpaired) electrons. The van der Waals surface area contributed by atoms with Crippen molar-refractivity contribution in [3.63, 3.8) is 0 Å². The third kappa shape index (κ3) is 2.63. The molecule has 6 heteroatoms. The molecule has 0 fully saturated rings. The molecule has 0 aliphatic heterocycles. The van der Waals surface area contributed by atoms with Crippen LogP contribution < -0.4 is 5.32 Å². The lowest BCUT2D eigenvalue weighted by atomic mass is 10.2. The first-order chi connectivity index (χ1) is 7.69. The maximum Gasteiger partial charge on any atom is 0.147 e. The van der Waals surface area contributed by atoms with Crippen molar-refractivity contribution in [1.29, 1.82) is 0 Å². The van der Waals surface area contributed by atoms with Crippen LogP contribution in [0, 0.1) is 5.82 Å². The second kappa shape index (κ2) is 4.99. The second-order valence-corrected chi connectivity index (χ2v) is 5.17. The Bertz CT molecular complexity index is 480. The Morgan fingerprint density at radius 3 is 2.88 bits per heavy atom. The van der Waals surface area contributed by atoms with Gasteiger partial charge in [0.2, 0.25) is 0 Å². The molecule has 2 aromatic rings. The highest BCUT2D eigenvalue weighted by atomic mass is 79.9. The van der Waals surface area contributed by atoms with Crippen molar-refractivity contribution in [2.45, 2.75) is 6.54 Å². The Kier molecular flexibility index (Phi) is 3.63. The molecule has 1 heterocycles. The van der Waals surface area contributed by atoms with E-state index in [0.717, 1.165) is 15.6 Å². The van der Waals surface area contributed by atoms with Crippen LogP contribution in [-0.4, -0.2) is 17.2 Å². The SMILES string of the molecule is CNCc1nnc(-c2cc(F)cc(Br)c2)s1. The van der Waals surface area contributed by atoms with E-state index >= 15 is 0 Å². The fourth-order valence-corrected chi connectivity index (χ4v) is 2.57. The van der Waals surface area contributed by atoms with Crippen LogP contribution in [0.25, 0.3) is 10.6 Å². The van der Waals surface area contributed by atoms with Gasteiger partial charge in [0.15, 0.2) is 0 Å². The Balaban J connectivity index is 2.34. The molecule has 0 unspecified atom stereocenters. The molecule has 0 saturated heterocycles. The van der Waals surface area contributed by atoms with Crippen molar-refractivity contribution >= 4 is 27.3 Å². The van der Waals surface area contributed by atoms with E-state index in [1.165, 1.54) is 23.5 Å². The summed E-state index contributed by atoms with van der Waals surface area (Å²) in [4.78, 5) is 0. The van der Waals surface area contributed by atoms with Crippen LogP contribution in [0.4, 0.5) is 4.39 Å². The van der Waals surface area contributed by atoms with E-state index in [0.29, 0.717) is 11.0 Å². The van der Waals surface area contributed by atoms with E-state index < -0.39 is 0 Å². The number of benzene rings is 1. The zero-order chi connectivity index (χ0) is 11.5. The van der Waals surface area contributed by atoms with Gasteiger partial charge in [0, 0.05) is 16.6 Å². The molecule has 1 aromatic carbocycles. The largest absolute Gasteiger partial charge is 0.313 e. The van der Waals surface area contributed by atoms with Crippen molar-refractivity contribution in [2.24, 2.45) is 0 Å². The number of aromatic nitrogens is 2. The van der Waals surface area contributed by atoms with Crippen LogP contribution in [0.1, 0.15) is 5.01 Å². The van der Waals surface area contributed by atoms with E-state index in [1.54, 1.807) is 0 Å². The van der Waals surface area contributed by atoms with Gasteiger partial charge in [-0.05, 0) is 25.2 Å². The monoisotopic (exact) mass is 301 g/mol. The summed E-state index contributed by atoms with van der Waals surface area (Å²) in [6.45, 7) is 0.675. The van der Waals surface area contributed by atoms with Gasteiger partial charge < -0.3 is 5.32 Å². The molecule has 0 aliphatic carbocycles. The van der Waals surface area contributed by atoms with Crippen LogP contribution in [-0.2, 0) is 6.54 Å². The smallest absolute Gasteiger partial charge is 0.147 e. The maximum atomic E-state index is 13.2. The van der Waals surface area contributed by atoms with E-state index in [2.05, 4.69) is 31.4 Å². The number of nitrogens with one attached hydrogen (secondary N) is 1. The second-order valence-electron chi connectivity index (χ2n) is 3.19. The van der Waals surface area contributed by atoms with Crippen molar-refractivity contribution < 1.29 is 4.39 Å². The van der Waals surface area contributed by atoms with Crippen molar-refractivity contribution in [3.05, 3.63) is 33.5 Å². The third-order valence-corrected chi connectivity index (χ3v) is 3.33. The maximum absolute atomic E-state index is 13.2. The minimum Gasteiger partial charge on any atom is -0.313 e. The Morgan fingerprint density at radius 2 is 2.19 bits per heavy atom. The minimum atomic E-state index is -0.283. The lowest BCUT2D eigenvalue weighted by Crippen LogP contribution is -2.04. The molecule has 0 atom stereocenters. The van der Waals surface area contributed by atoms with Crippen molar-refractivity contribution in [2.75, 3.05) is 7.05 Å². The van der Waals surface area contributed by atoms with Gasteiger partial charge in [0.05, 0.1) is 0 Å². The molecule has 0 bridgehead atoms. The van der Waals surface area contributed by atoms with Crippen LogP contribution in [0.3, 0.4) is 0 Å². The number of hydrogen-bond donors (Lipinski definition) is 1. The Hall–Kier alpha value is -0.850. The van der Waals surface area contributed by atoms with E-state index in [1.807, 2.05) is 13.1 Å². The van der Waals surface area contributed by atoms with Crippen molar-refractivity contribution in [3.8, 4) is 10.6 Å². The summed E-state index contributed by atoms with van der Waals surface area (Å²) in [6.07, 6.45) is 0. The van der Waals surface area contributed by atoms with E-state index in [9.17, 15) is 4.39 Å². The number of nitrogens with zero attached hydrogens (tertiary/aromatic N) is 2. The fourth-order valence-electron chi connectivity index (χ4n) is 1.27. The molecule has 0 spiro atoms. The Labute approximate surface area is 105 Å². The quantitative estimate of drug-likeness (QED) is 0.947. The highest BCUT2D eigenvalue weighted by Gasteiger charge is 2.08. The standard InChI is InChI=1S/C10H9BrFN3S/c1-13-5-9-14-15-10(16-9)6-2-7(11)4-8(12)3-6/h2-4,13H,5H2,1H3. The molecule has 0 saturated carbocycles. The van der Waals surface area contributed by atoms with Gasteiger partial charge in [0.1, 0.15) is 15.8 Å². The molecule has 1 aromatic heterocycles. The third-order valence-electron chi connectivity index (χ3n) is 1.90. The van der Waals surface area contributed by atoms with Crippen LogP contribution >= 0.6 is 27.3 Å². The topological polar surface area (TPSA) is 37.8 Å². The van der Waals surface area contributed by atoms with Gasteiger partial charge in [-0.3, -0.25) is 0 Å². The number of rotatable bonds is 3. The molecule has 0 amide bonds.